The lowest BCUT2D eigenvalue weighted by atomic mass is 10.2. The first-order valence-electron chi connectivity index (χ1n) is 7.43. The Hall–Kier alpha value is -2.25. The highest BCUT2D eigenvalue weighted by Crippen LogP contribution is 2.31. The number of fused-ring (bicyclic) bond motifs is 1. The predicted molar refractivity (Wildman–Crippen MR) is 90.2 cm³/mol. The first-order chi connectivity index (χ1) is 11.3. The van der Waals surface area contributed by atoms with Gasteiger partial charge in [-0.1, -0.05) is 0 Å². The van der Waals surface area contributed by atoms with Crippen LogP contribution in [-0.2, 0) is 4.74 Å². The average Bonchev–Trinajstić information content (AvgIpc) is 3.10. The topological polar surface area (TPSA) is 60.4 Å². The molecule has 118 valence electrons. The maximum absolute atomic E-state index is 5.45. The Morgan fingerprint density at radius 2 is 2.04 bits per heavy atom. The van der Waals surface area contributed by atoms with Crippen molar-refractivity contribution in [1.82, 2.24) is 15.0 Å². The monoisotopic (exact) mass is 328 g/mol. The molecule has 0 spiro atoms. The molecule has 0 aliphatic carbocycles. The summed E-state index contributed by atoms with van der Waals surface area (Å²) in [4.78, 5) is 16.0. The molecule has 0 bridgehead atoms. The lowest BCUT2D eigenvalue weighted by molar-refractivity contribution is 0.122. The Morgan fingerprint density at radius 1 is 1.17 bits per heavy atom. The van der Waals surface area contributed by atoms with Gasteiger partial charge in [-0.15, -0.1) is 11.3 Å². The van der Waals surface area contributed by atoms with Gasteiger partial charge in [-0.05, 0) is 17.5 Å². The van der Waals surface area contributed by atoms with E-state index in [0.717, 1.165) is 47.9 Å². The number of anilines is 1. The highest BCUT2D eigenvalue weighted by atomic mass is 32.1. The number of ether oxygens (including phenoxy) is 2. The molecule has 3 aromatic rings. The van der Waals surface area contributed by atoms with Crippen molar-refractivity contribution in [2.75, 3.05) is 38.3 Å². The van der Waals surface area contributed by atoms with Crippen LogP contribution < -0.4 is 9.64 Å². The molecule has 1 aliphatic rings. The van der Waals surface area contributed by atoms with Crippen molar-refractivity contribution in [3.05, 3.63) is 29.8 Å². The molecule has 1 aliphatic heterocycles. The summed E-state index contributed by atoms with van der Waals surface area (Å²) >= 11 is 1.67. The summed E-state index contributed by atoms with van der Waals surface area (Å²) < 4.78 is 11.7. The van der Waals surface area contributed by atoms with E-state index < -0.39 is 0 Å². The van der Waals surface area contributed by atoms with Crippen LogP contribution in [0.5, 0.6) is 5.88 Å². The van der Waals surface area contributed by atoms with Gasteiger partial charge < -0.3 is 14.4 Å². The van der Waals surface area contributed by atoms with E-state index in [2.05, 4.69) is 20.2 Å². The second-order valence-electron chi connectivity index (χ2n) is 5.19. The second kappa shape index (κ2) is 6.10. The molecule has 0 amide bonds. The van der Waals surface area contributed by atoms with E-state index in [1.807, 2.05) is 18.2 Å². The van der Waals surface area contributed by atoms with E-state index in [-0.39, 0.29) is 0 Å². The number of hydrogen-bond acceptors (Lipinski definition) is 7. The second-order valence-corrected chi connectivity index (χ2v) is 6.11. The molecule has 1 saturated heterocycles. The van der Waals surface area contributed by atoms with Gasteiger partial charge in [0.15, 0.2) is 11.6 Å². The van der Waals surface area contributed by atoms with E-state index in [0.29, 0.717) is 11.7 Å². The van der Waals surface area contributed by atoms with Crippen LogP contribution in [0.1, 0.15) is 0 Å². The molecule has 0 saturated carbocycles. The lowest BCUT2D eigenvalue weighted by Gasteiger charge is -2.28. The Morgan fingerprint density at radius 3 is 2.78 bits per heavy atom. The molecule has 7 heteroatoms. The number of hydrogen-bond donors (Lipinski definition) is 0. The van der Waals surface area contributed by atoms with Crippen molar-refractivity contribution in [2.45, 2.75) is 0 Å². The zero-order valence-electron chi connectivity index (χ0n) is 12.7. The molecule has 3 aromatic heterocycles. The minimum Gasteiger partial charge on any atom is -0.481 e. The van der Waals surface area contributed by atoms with E-state index in [4.69, 9.17) is 14.5 Å². The number of morpholine rings is 1. The van der Waals surface area contributed by atoms with E-state index in [1.54, 1.807) is 24.6 Å². The van der Waals surface area contributed by atoms with Gasteiger partial charge >= 0.3 is 0 Å². The molecule has 0 N–H and O–H groups in total. The van der Waals surface area contributed by atoms with Crippen molar-refractivity contribution in [3.63, 3.8) is 0 Å². The molecule has 0 unspecified atom stereocenters. The molecular weight excluding hydrogens is 312 g/mol. The van der Waals surface area contributed by atoms with Gasteiger partial charge in [-0.3, -0.25) is 0 Å². The average molecular weight is 328 g/mol. The van der Waals surface area contributed by atoms with Gasteiger partial charge in [0.1, 0.15) is 0 Å². The van der Waals surface area contributed by atoms with Crippen LogP contribution in [0.2, 0.25) is 0 Å². The number of pyridine rings is 1. The Kier molecular flexibility index (Phi) is 3.80. The minimum atomic E-state index is 0.582. The van der Waals surface area contributed by atoms with Crippen LogP contribution in [0.4, 0.5) is 5.82 Å². The largest absolute Gasteiger partial charge is 0.481 e. The molecule has 6 nitrogen and oxygen atoms in total. The number of rotatable bonds is 3. The fraction of sp³-hybridized carbons (Fsp3) is 0.312. The summed E-state index contributed by atoms with van der Waals surface area (Å²) in [6, 6.07) is 5.79. The Balaban J connectivity index is 1.80. The fourth-order valence-electron chi connectivity index (χ4n) is 2.60. The summed E-state index contributed by atoms with van der Waals surface area (Å²) in [5.74, 6) is 2.26. The SMILES string of the molecule is COc1ccc(-c2nc(N3CCOCC3)c3sccc3n2)cn1. The molecule has 1 fully saturated rings. The number of thiophene rings is 1. The quantitative estimate of drug-likeness (QED) is 0.736. The van der Waals surface area contributed by atoms with Crippen molar-refractivity contribution in [1.29, 1.82) is 0 Å². The molecule has 4 heterocycles. The van der Waals surface area contributed by atoms with Crippen LogP contribution >= 0.6 is 11.3 Å². The standard InChI is InChI=1S/C16H16N4O2S/c1-21-13-3-2-11(10-17-13)15-18-12-4-9-23-14(12)16(19-15)20-5-7-22-8-6-20/h2-4,9-10H,5-8H2,1H3. The van der Waals surface area contributed by atoms with E-state index >= 15 is 0 Å². The predicted octanol–water partition coefficient (Wildman–Crippen LogP) is 2.60. The van der Waals surface area contributed by atoms with Gasteiger partial charge in [0.2, 0.25) is 5.88 Å². The smallest absolute Gasteiger partial charge is 0.212 e. The summed E-state index contributed by atoms with van der Waals surface area (Å²) in [7, 11) is 1.60. The molecule has 0 atom stereocenters. The first-order valence-corrected chi connectivity index (χ1v) is 8.31. The molecule has 0 radical (unpaired) electrons. The molecule has 23 heavy (non-hydrogen) atoms. The zero-order valence-corrected chi connectivity index (χ0v) is 13.5. The Bertz CT molecular complexity index is 813. The maximum Gasteiger partial charge on any atom is 0.212 e. The first kappa shape index (κ1) is 14.3. The van der Waals surface area contributed by atoms with E-state index in [1.165, 1.54) is 0 Å². The van der Waals surface area contributed by atoms with Gasteiger partial charge in [0.05, 0.1) is 30.5 Å². The normalized spacial score (nSPS) is 15.1. The lowest BCUT2D eigenvalue weighted by Crippen LogP contribution is -2.36. The maximum atomic E-state index is 5.45. The summed E-state index contributed by atoms with van der Waals surface area (Å²) in [5, 5.41) is 2.05. The summed E-state index contributed by atoms with van der Waals surface area (Å²) in [6.45, 7) is 3.17. The van der Waals surface area contributed by atoms with Crippen LogP contribution in [0.25, 0.3) is 21.6 Å². The number of aromatic nitrogens is 3. The van der Waals surface area contributed by atoms with Crippen molar-refractivity contribution in [3.8, 4) is 17.3 Å². The number of methoxy groups -OCH3 is 1. The third-order valence-corrected chi connectivity index (χ3v) is 4.70. The zero-order chi connectivity index (χ0) is 15.6. The highest BCUT2D eigenvalue weighted by Gasteiger charge is 2.18. The number of nitrogens with zero attached hydrogens (tertiary/aromatic N) is 4. The molecule has 0 aromatic carbocycles. The van der Waals surface area contributed by atoms with Gasteiger partial charge in [0.25, 0.3) is 0 Å². The van der Waals surface area contributed by atoms with Gasteiger partial charge in [0, 0.05) is 30.9 Å². The van der Waals surface area contributed by atoms with Gasteiger partial charge in [-0.25, -0.2) is 15.0 Å². The van der Waals surface area contributed by atoms with Crippen LogP contribution in [0.3, 0.4) is 0 Å². The minimum absolute atomic E-state index is 0.582. The van der Waals surface area contributed by atoms with Crippen molar-refractivity contribution >= 4 is 27.4 Å². The van der Waals surface area contributed by atoms with E-state index in [9.17, 15) is 0 Å². The van der Waals surface area contributed by atoms with Crippen LogP contribution in [0, 0.1) is 0 Å². The van der Waals surface area contributed by atoms with Crippen molar-refractivity contribution in [2.24, 2.45) is 0 Å². The van der Waals surface area contributed by atoms with Gasteiger partial charge in [-0.2, -0.15) is 0 Å². The summed E-state index contributed by atoms with van der Waals surface area (Å²) in [5.41, 5.74) is 1.85. The third kappa shape index (κ3) is 2.73. The fourth-order valence-corrected chi connectivity index (χ4v) is 3.45. The van der Waals surface area contributed by atoms with Crippen LogP contribution in [0.15, 0.2) is 29.8 Å². The van der Waals surface area contributed by atoms with Crippen molar-refractivity contribution < 1.29 is 9.47 Å². The van der Waals surface area contributed by atoms with Crippen LogP contribution in [-0.4, -0.2) is 48.4 Å². The highest BCUT2D eigenvalue weighted by molar-refractivity contribution is 7.17. The molecule has 4 rings (SSSR count). The third-order valence-electron chi connectivity index (χ3n) is 3.80. The summed E-state index contributed by atoms with van der Waals surface area (Å²) in [6.07, 6.45) is 1.75. The Labute approximate surface area is 137 Å². The molecular formula is C16H16N4O2S.